The van der Waals surface area contributed by atoms with Gasteiger partial charge >= 0.3 is 0 Å². The average Bonchev–Trinajstić information content (AvgIpc) is 2.91. The minimum absolute atomic E-state index is 0.262. The molecule has 8 heteroatoms. The molecule has 0 spiro atoms. The van der Waals surface area contributed by atoms with Crippen LogP contribution >= 0.6 is 0 Å². The molecule has 0 aliphatic heterocycles. The van der Waals surface area contributed by atoms with Gasteiger partial charge in [0.2, 0.25) is 0 Å². The summed E-state index contributed by atoms with van der Waals surface area (Å²) in [5, 5.41) is 11.9. The number of terminal acetylenes is 1. The van der Waals surface area contributed by atoms with Crippen molar-refractivity contribution < 1.29 is 14.3 Å². The second kappa shape index (κ2) is 12.9. The summed E-state index contributed by atoms with van der Waals surface area (Å²) in [6, 6.07) is 18.9. The second-order valence-electron chi connectivity index (χ2n) is 8.59. The fraction of sp³-hybridized carbons (Fsp3) is 0.207. The zero-order valence-corrected chi connectivity index (χ0v) is 21.5. The summed E-state index contributed by atoms with van der Waals surface area (Å²) in [5.41, 5.74) is 3.23. The first-order valence-corrected chi connectivity index (χ1v) is 11.7. The van der Waals surface area contributed by atoms with E-state index >= 15 is 0 Å². The Morgan fingerprint density at radius 3 is 2.27 bits per heavy atom. The molecule has 0 unspecified atom stereocenters. The van der Waals surface area contributed by atoms with Gasteiger partial charge in [-0.3, -0.25) is 14.6 Å². The first-order chi connectivity index (χ1) is 17.8. The lowest BCUT2D eigenvalue weighted by atomic mass is 10.1. The van der Waals surface area contributed by atoms with Gasteiger partial charge in [-0.15, -0.1) is 6.42 Å². The molecule has 3 aromatic rings. The number of ether oxygens (including phenoxy) is 1. The quantitative estimate of drug-likeness (QED) is 0.251. The largest absolute Gasteiger partial charge is 0.497 e. The number of carbonyl (C=O) groups is 2. The smallest absolute Gasteiger partial charge is 0.257 e. The maximum Gasteiger partial charge on any atom is 0.257 e. The molecule has 3 aromatic carbocycles. The van der Waals surface area contributed by atoms with Gasteiger partial charge in [0.25, 0.3) is 11.8 Å². The van der Waals surface area contributed by atoms with E-state index in [9.17, 15) is 9.59 Å². The lowest BCUT2D eigenvalue weighted by Crippen LogP contribution is -2.25. The molecule has 0 atom stereocenters. The van der Waals surface area contributed by atoms with Crippen molar-refractivity contribution in [3.05, 3.63) is 89.0 Å². The summed E-state index contributed by atoms with van der Waals surface area (Å²) >= 11 is 0. The lowest BCUT2D eigenvalue weighted by Gasteiger charge is -2.16. The van der Waals surface area contributed by atoms with Crippen LogP contribution in [0.2, 0.25) is 0 Å². The lowest BCUT2D eigenvalue weighted by molar-refractivity contribution is 0.102. The highest BCUT2D eigenvalue weighted by atomic mass is 16.5. The van der Waals surface area contributed by atoms with E-state index in [0.29, 0.717) is 28.3 Å². The number of hydrogen-bond donors (Lipinski definition) is 2. The number of nitrogens with zero attached hydrogens (tertiary/aromatic N) is 3. The summed E-state index contributed by atoms with van der Waals surface area (Å²) in [7, 11) is 7.46. The van der Waals surface area contributed by atoms with Crippen molar-refractivity contribution >= 4 is 29.4 Å². The van der Waals surface area contributed by atoms with E-state index in [1.165, 1.54) is 7.11 Å². The molecular formula is C29H31N5O3. The first kappa shape index (κ1) is 27.0. The molecule has 37 heavy (non-hydrogen) atoms. The Morgan fingerprint density at radius 2 is 1.65 bits per heavy atom. The maximum atomic E-state index is 13.1. The zero-order valence-electron chi connectivity index (χ0n) is 21.5. The fourth-order valence-corrected chi connectivity index (χ4v) is 3.28. The molecule has 3 rings (SSSR count). The van der Waals surface area contributed by atoms with Crippen LogP contribution < -0.4 is 15.4 Å². The summed E-state index contributed by atoms with van der Waals surface area (Å²) in [4.78, 5) is 28.1. The number of nitrogens with one attached hydrogen (secondary N) is 2. The summed E-state index contributed by atoms with van der Waals surface area (Å²) < 4.78 is 5.28. The van der Waals surface area contributed by atoms with Gasteiger partial charge in [0.15, 0.2) is 0 Å². The van der Waals surface area contributed by atoms with Gasteiger partial charge in [0.1, 0.15) is 5.75 Å². The van der Waals surface area contributed by atoms with Gasteiger partial charge in [0.05, 0.1) is 24.6 Å². The summed E-state index contributed by atoms with van der Waals surface area (Å²) in [6.45, 7) is 1.70. The molecule has 0 saturated carbocycles. The molecule has 0 aliphatic carbocycles. The normalized spacial score (nSPS) is 10.7. The Labute approximate surface area is 217 Å². The standard InChI is InChI=1S/C29H31N5O3/c1-6-21-9-13-24(14-10-21)31-29(36)26-19-25(37-5)15-16-27(26)32-28(35)23-11-7-22(8-12-23)20-30-34(4)18-17-33(2)3/h1,7-16,19-20H,17-18H2,2-5H3,(H,31,36)(H,32,35). The number of carbonyl (C=O) groups excluding carboxylic acids is 2. The van der Waals surface area contributed by atoms with Gasteiger partial charge in [0, 0.05) is 37.0 Å². The van der Waals surface area contributed by atoms with Gasteiger partial charge in [-0.05, 0) is 74.3 Å². The third kappa shape index (κ3) is 7.95. The maximum absolute atomic E-state index is 13.1. The van der Waals surface area contributed by atoms with Gasteiger partial charge in [-0.1, -0.05) is 18.1 Å². The third-order valence-corrected chi connectivity index (χ3v) is 5.48. The third-order valence-electron chi connectivity index (χ3n) is 5.48. The van der Waals surface area contributed by atoms with Crippen molar-refractivity contribution in [3.63, 3.8) is 0 Å². The van der Waals surface area contributed by atoms with Gasteiger partial charge < -0.3 is 20.3 Å². The van der Waals surface area contributed by atoms with Crippen LogP contribution in [-0.2, 0) is 0 Å². The minimum Gasteiger partial charge on any atom is -0.497 e. The van der Waals surface area contributed by atoms with Crippen molar-refractivity contribution in [1.29, 1.82) is 0 Å². The predicted molar refractivity (Wildman–Crippen MR) is 148 cm³/mol. The van der Waals surface area contributed by atoms with Crippen LogP contribution in [0.5, 0.6) is 5.75 Å². The Bertz CT molecular complexity index is 1290. The molecule has 0 fully saturated rings. The highest BCUT2D eigenvalue weighted by molar-refractivity contribution is 6.12. The Morgan fingerprint density at radius 1 is 0.946 bits per heavy atom. The van der Waals surface area contributed by atoms with Crippen molar-refractivity contribution in [2.75, 3.05) is 52.0 Å². The molecule has 0 bridgehead atoms. The molecule has 8 nitrogen and oxygen atoms in total. The number of amides is 2. The molecule has 2 N–H and O–H groups in total. The van der Waals surface area contributed by atoms with Crippen LogP contribution in [0.3, 0.4) is 0 Å². The number of hydrazone groups is 1. The molecular weight excluding hydrogens is 466 g/mol. The van der Waals surface area contributed by atoms with Crippen LogP contribution in [0.1, 0.15) is 31.8 Å². The van der Waals surface area contributed by atoms with Crippen LogP contribution in [0.25, 0.3) is 0 Å². The zero-order chi connectivity index (χ0) is 26.8. The van der Waals surface area contributed by atoms with Crippen molar-refractivity contribution in [3.8, 4) is 18.1 Å². The van der Waals surface area contributed by atoms with Crippen LogP contribution in [-0.4, -0.2) is 69.3 Å². The average molecular weight is 498 g/mol. The SMILES string of the molecule is C#Cc1ccc(NC(=O)c2cc(OC)ccc2NC(=O)c2ccc(C=NN(C)CCN(C)C)cc2)cc1. The molecule has 0 saturated heterocycles. The molecule has 0 aromatic heterocycles. The van der Waals surface area contributed by atoms with E-state index in [-0.39, 0.29) is 11.5 Å². The molecule has 0 radical (unpaired) electrons. The van der Waals surface area contributed by atoms with Gasteiger partial charge in [-0.2, -0.15) is 5.10 Å². The van der Waals surface area contributed by atoms with Crippen LogP contribution in [0.15, 0.2) is 71.8 Å². The summed E-state index contributed by atoms with van der Waals surface area (Å²) in [5.74, 6) is 2.29. The summed E-state index contributed by atoms with van der Waals surface area (Å²) in [6.07, 6.45) is 7.14. The number of methoxy groups -OCH3 is 1. The van der Waals surface area contributed by atoms with Crippen molar-refractivity contribution in [1.82, 2.24) is 9.91 Å². The Kier molecular flexibility index (Phi) is 9.41. The van der Waals surface area contributed by atoms with Gasteiger partial charge in [-0.25, -0.2) is 0 Å². The van der Waals surface area contributed by atoms with E-state index in [2.05, 4.69) is 26.6 Å². The predicted octanol–water partition coefficient (Wildman–Crippen LogP) is 4.01. The molecule has 0 heterocycles. The number of anilines is 2. The van der Waals surface area contributed by atoms with E-state index in [0.717, 1.165) is 18.7 Å². The monoisotopic (exact) mass is 497 g/mol. The second-order valence-corrected chi connectivity index (χ2v) is 8.59. The highest BCUT2D eigenvalue weighted by Crippen LogP contribution is 2.24. The van der Waals surface area contributed by atoms with Crippen molar-refractivity contribution in [2.24, 2.45) is 5.10 Å². The van der Waals surface area contributed by atoms with E-state index in [4.69, 9.17) is 11.2 Å². The van der Waals surface area contributed by atoms with Crippen LogP contribution in [0.4, 0.5) is 11.4 Å². The topological polar surface area (TPSA) is 86.3 Å². The molecule has 0 aliphatic rings. The Balaban J connectivity index is 1.71. The minimum atomic E-state index is -0.396. The van der Waals surface area contributed by atoms with E-state index < -0.39 is 5.91 Å². The van der Waals surface area contributed by atoms with E-state index in [1.807, 2.05) is 38.3 Å². The highest BCUT2D eigenvalue weighted by Gasteiger charge is 2.16. The van der Waals surface area contributed by atoms with E-state index in [1.54, 1.807) is 60.8 Å². The van der Waals surface area contributed by atoms with Crippen LogP contribution in [0, 0.1) is 12.3 Å². The molecule has 2 amide bonds. The number of rotatable bonds is 10. The Hall–Kier alpha value is -4.61. The molecule has 190 valence electrons. The fourth-order valence-electron chi connectivity index (χ4n) is 3.28. The number of hydrogen-bond acceptors (Lipinski definition) is 6. The van der Waals surface area contributed by atoms with Crippen molar-refractivity contribution in [2.45, 2.75) is 0 Å². The first-order valence-electron chi connectivity index (χ1n) is 11.7. The number of benzene rings is 3. The number of likely N-dealkylation sites (N-methyl/N-ethyl adjacent to an activating group) is 2.